The number of para-hydroxylation sites is 2. The first kappa shape index (κ1) is 39.4. The first-order chi connectivity index (χ1) is 23.0. The van der Waals surface area contributed by atoms with E-state index in [1.165, 1.54) is 18.4 Å². The number of hydrogen-bond acceptors (Lipinski definition) is 4. The average molecular weight is 672 g/mol. The van der Waals surface area contributed by atoms with Gasteiger partial charge < -0.3 is 20.3 Å². The molecular formula is C41H46NNaO6. The van der Waals surface area contributed by atoms with Crippen molar-refractivity contribution >= 4 is 23.5 Å². The molecule has 8 heteroatoms. The Hall–Kier alpha value is -4.04. The molecule has 1 amide bonds. The standard InChI is InChI=1S/C37H40NO2.C4H6O4.Na/c1-37(2,3)32-24-23-28(18-8-5-4-7-15-27-16-9-6-10-17-27)25-33(32)38-36(39)26-31-29-19-11-13-21-34(29)40-35-22-14-12-20-30(31)35;5-3(6)1-2-4(7)8;/h6,9-14,16-25,31H,4-5,7-8,15,26H2,1-3H3,(H,38,39);1-2H2,(H,5,6)(H,7,8);/q-1;;+1. The van der Waals surface area contributed by atoms with Crippen LogP contribution in [0.1, 0.15) is 99.5 Å². The van der Waals surface area contributed by atoms with E-state index in [1.54, 1.807) is 0 Å². The number of hydrogen-bond donors (Lipinski definition) is 3. The van der Waals surface area contributed by atoms with Gasteiger partial charge in [-0.1, -0.05) is 107 Å². The van der Waals surface area contributed by atoms with Gasteiger partial charge in [0.1, 0.15) is 11.5 Å². The molecule has 3 N–H and O–H groups in total. The summed E-state index contributed by atoms with van der Waals surface area (Å²) in [7, 11) is 0. The molecule has 0 unspecified atom stereocenters. The maximum atomic E-state index is 13.6. The van der Waals surface area contributed by atoms with Crippen molar-refractivity contribution in [2.45, 2.75) is 83.5 Å². The monoisotopic (exact) mass is 671 g/mol. The van der Waals surface area contributed by atoms with Gasteiger partial charge >= 0.3 is 41.5 Å². The Morgan fingerprint density at radius 1 is 0.755 bits per heavy atom. The molecule has 7 nitrogen and oxygen atoms in total. The van der Waals surface area contributed by atoms with Gasteiger partial charge in [0.2, 0.25) is 5.91 Å². The van der Waals surface area contributed by atoms with Crippen molar-refractivity contribution in [3.8, 4) is 11.5 Å². The summed E-state index contributed by atoms with van der Waals surface area (Å²) in [6.45, 7) is 6.58. The second-order valence-electron chi connectivity index (χ2n) is 13.1. The van der Waals surface area contributed by atoms with Crippen LogP contribution in [0, 0.1) is 6.42 Å². The van der Waals surface area contributed by atoms with Crippen LogP contribution in [-0.4, -0.2) is 28.1 Å². The molecule has 1 heterocycles. The van der Waals surface area contributed by atoms with E-state index in [-0.39, 0.29) is 59.6 Å². The minimum absolute atomic E-state index is 0. The maximum Gasteiger partial charge on any atom is 1.00 e. The van der Waals surface area contributed by atoms with Crippen molar-refractivity contribution < 1.29 is 58.9 Å². The van der Waals surface area contributed by atoms with Gasteiger partial charge in [0.05, 0.1) is 12.8 Å². The normalized spacial score (nSPS) is 11.7. The van der Waals surface area contributed by atoms with Crippen molar-refractivity contribution in [2.24, 2.45) is 0 Å². The van der Waals surface area contributed by atoms with Crippen molar-refractivity contribution in [3.05, 3.63) is 131 Å². The van der Waals surface area contributed by atoms with Crippen LogP contribution in [0.4, 0.5) is 5.69 Å². The number of carbonyl (C=O) groups excluding carboxylic acids is 1. The zero-order valence-corrected chi connectivity index (χ0v) is 31.1. The van der Waals surface area contributed by atoms with Gasteiger partial charge in [0, 0.05) is 23.5 Å². The fourth-order valence-corrected chi connectivity index (χ4v) is 5.84. The Morgan fingerprint density at radius 2 is 1.33 bits per heavy atom. The van der Waals surface area contributed by atoms with Gasteiger partial charge in [0.25, 0.3) is 0 Å². The molecule has 5 rings (SSSR count). The minimum atomic E-state index is -1.08. The molecule has 0 saturated heterocycles. The summed E-state index contributed by atoms with van der Waals surface area (Å²) in [5, 5.41) is 19.1. The summed E-state index contributed by atoms with van der Waals surface area (Å²) >= 11 is 0. The largest absolute Gasteiger partial charge is 1.00 e. The van der Waals surface area contributed by atoms with Crippen LogP contribution in [-0.2, 0) is 26.2 Å². The quantitative estimate of drug-likeness (QED) is 0.0845. The van der Waals surface area contributed by atoms with Gasteiger partial charge in [0.15, 0.2) is 0 Å². The third-order valence-electron chi connectivity index (χ3n) is 8.27. The summed E-state index contributed by atoms with van der Waals surface area (Å²) in [5.74, 6) is -0.533. The SMILES string of the molecule is CC(C)(C)c1ccc([CH-]CCCCCc2ccccc2)cc1NC(=O)CC1c2ccccc2Oc2ccccc21.O=C(O)CCC(=O)O.[Na+]. The van der Waals surface area contributed by atoms with E-state index in [2.05, 4.69) is 93.2 Å². The number of aryl methyl sites for hydroxylation is 1. The molecular weight excluding hydrogens is 625 g/mol. The van der Waals surface area contributed by atoms with E-state index in [9.17, 15) is 14.4 Å². The van der Waals surface area contributed by atoms with E-state index < -0.39 is 11.9 Å². The molecule has 49 heavy (non-hydrogen) atoms. The van der Waals surface area contributed by atoms with E-state index in [1.807, 2.05) is 36.4 Å². The number of unbranched alkanes of at least 4 members (excludes halogenated alkanes) is 3. The van der Waals surface area contributed by atoms with Gasteiger partial charge in [-0.15, -0.1) is 12.1 Å². The Kier molecular flexibility index (Phi) is 15.5. The summed E-state index contributed by atoms with van der Waals surface area (Å²) in [5.41, 5.74) is 6.66. The number of carboxylic acid groups (broad SMARTS) is 2. The molecule has 0 spiro atoms. The number of carboxylic acids is 2. The van der Waals surface area contributed by atoms with Crippen molar-refractivity contribution in [1.82, 2.24) is 0 Å². The van der Waals surface area contributed by atoms with E-state index in [0.29, 0.717) is 6.42 Å². The third-order valence-corrected chi connectivity index (χ3v) is 8.27. The molecule has 0 atom stereocenters. The summed E-state index contributed by atoms with van der Waals surface area (Å²) in [6, 6.07) is 33.3. The molecule has 1 aliphatic rings. The summed E-state index contributed by atoms with van der Waals surface area (Å²) < 4.78 is 6.14. The molecule has 0 aliphatic carbocycles. The van der Waals surface area contributed by atoms with Gasteiger partial charge in [-0.3, -0.25) is 14.4 Å². The van der Waals surface area contributed by atoms with Gasteiger partial charge in [-0.25, -0.2) is 0 Å². The van der Waals surface area contributed by atoms with Gasteiger partial charge in [-0.05, 0) is 47.2 Å². The summed E-state index contributed by atoms with van der Waals surface area (Å²) in [6.07, 6.45) is 7.82. The fraction of sp³-hybridized carbons (Fsp3) is 0.317. The number of anilines is 1. The molecule has 0 bridgehead atoms. The predicted octanol–water partition coefficient (Wildman–Crippen LogP) is 6.55. The second-order valence-corrected chi connectivity index (χ2v) is 13.1. The van der Waals surface area contributed by atoms with Crippen molar-refractivity contribution in [1.29, 1.82) is 0 Å². The number of rotatable bonds is 13. The van der Waals surface area contributed by atoms with Crippen LogP contribution in [0.3, 0.4) is 0 Å². The van der Waals surface area contributed by atoms with Crippen LogP contribution in [0.2, 0.25) is 0 Å². The average Bonchev–Trinajstić information content (AvgIpc) is 3.05. The number of fused-ring (bicyclic) bond motifs is 2. The van der Waals surface area contributed by atoms with Crippen LogP contribution in [0.5, 0.6) is 11.5 Å². The van der Waals surface area contributed by atoms with E-state index >= 15 is 0 Å². The number of ether oxygens (including phenoxy) is 1. The first-order valence-corrected chi connectivity index (χ1v) is 16.6. The Morgan fingerprint density at radius 3 is 1.90 bits per heavy atom. The van der Waals surface area contributed by atoms with Crippen LogP contribution in [0.15, 0.2) is 97.1 Å². The molecule has 0 aromatic heterocycles. The number of aliphatic carboxylic acids is 2. The zero-order chi connectivity index (χ0) is 34.5. The van der Waals surface area contributed by atoms with Gasteiger partial charge in [-0.2, -0.15) is 18.1 Å². The molecule has 0 radical (unpaired) electrons. The first-order valence-electron chi connectivity index (χ1n) is 16.6. The Balaban J connectivity index is 0.000000645. The Bertz CT molecular complexity index is 1620. The maximum absolute atomic E-state index is 13.6. The van der Waals surface area contributed by atoms with E-state index in [4.69, 9.17) is 14.9 Å². The number of carbonyl (C=O) groups is 3. The predicted molar refractivity (Wildman–Crippen MR) is 190 cm³/mol. The molecule has 4 aromatic carbocycles. The topological polar surface area (TPSA) is 113 Å². The number of benzene rings is 4. The third kappa shape index (κ3) is 12.4. The fourth-order valence-electron chi connectivity index (χ4n) is 5.84. The van der Waals surface area contributed by atoms with E-state index in [0.717, 1.165) is 58.7 Å². The smallest absolute Gasteiger partial charge is 0.481 e. The minimum Gasteiger partial charge on any atom is -0.481 e. The molecule has 0 saturated carbocycles. The zero-order valence-electron chi connectivity index (χ0n) is 29.1. The van der Waals surface area contributed by atoms with Crippen molar-refractivity contribution in [3.63, 3.8) is 0 Å². The number of amides is 1. The summed E-state index contributed by atoms with van der Waals surface area (Å²) in [4.78, 5) is 32.9. The van der Waals surface area contributed by atoms with Crippen LogP contribution >= 0.6 is 0 Å². The molecule has 4 aromatic rings. The number of nitrogens with one attached hydrogen (secondary N) is 1. The molecule has 1 aliphatic heterocycles. The molecule has 252 valence electrons. The van der Waals surface area contributed by atoms with Crippen molar-refractivity contribution in [2.75, 3.05) is 5.32 Å². The van der Waals surface area contributed by atoms with Crippen LogP contribution < -0.4 is 39.6 Å². The second kappa shape index (κ2) is 19.2. The Labute approximate surface area is 312 Å². The molecule has 0 fully saturated rings. The van der Waals surface area contributed by atoms with Crippen LogP contribution in [0.25, 0.3) is 0 Å².